The lowest BCUT2D eigenvalue weighted by Crippen LogP contribution is -2.04. The largest absolute Gasteiger partial charge is 0.270 e. The zero-order valence-corrected chi connectivity index (χ0v) is 20.8. The number of nitrogens with zero attached hydrogens (tertiary/aromatic N) is 2. The molecule has 1 heterocycles. The number of aromatic nitrogens is 3. The van der Waals surface area contributed by atoms with E-state index in [4.69, 9.17) is 47.0 Å². The number of benzene rings is 2. The summed E-state index contributed by atoms with van der Waals surface area (Å²) < 4.78 is 2.29. The van der Waals surface area contributed by atoms with Crippen LogP contribution in [0.4, 0.5) is 0 Å². The molecule has 3 nitrogen and oxygen atoms in total. The summed E-state index contributed by atoms with van der Waals surface area (Å²) >= 11 is 25.9. The standard InChI is InChI=1S/C21H22Cl3N3S2/c1-10-11(2)13(4)15(14(5)12(10)3)8-29-9-20-25-26-21(28)27(20)19-7-17(23)16(22)6-18(19)24/h6-7H,8-9H2,1-5H3,(H,26,28). The van der Waals surface area contributed by atoms with Gasteiger partial charge in [0.25, 0.3) is 0 Å². The highest BCUT2D eigenvalue weighted by Crippen LogP contribution is 2.33. The monoisotopic (exact) mass is 485 g/mol. The van der Waals surface area contributed by atoms with Crippen molar-refractivity contribution in [1.29, 1.82) is 0 Å². The van der Waals surface area contributed by atoms with Gasteiger partial charge in [0.2, 0.25) is 0 Å². The van der Waals surface area contributed by atoms with Gasteiger partial charge < -0.3 is 0 Å². The lowest BCUT2D eigenvalue weighted by atomic mass is 9.90. The van der Waals surface area contributed by atoms with E-state index >= 15 is 0 Å². The summed E-state index contributed by atoms with van der Waals surface area (Å²) in [7, 11) is 0. The van der Waals surface area contributed by atoms with Crippen LogP contribution in [0.5, 0.6) is 0 Å². The molecule has 0 unspecified atom stereocenters. The third kappa shape index (κ3) is 4.40. The molecule has 3 aromatic rings. The SMILES string of the molecule is Cc1c(C)c(C)c(CSCc2n[nH]c(=S)n2-c2cc(Cl)c(Cl)cc2Cl)c(C)c1C. The highest BCUT2D eigenvalue weighted by atomic mass is 35.5. The number of halogens is 3. The van der Waals surface area contributed by atoms with E-state index in [9.17, 15) is 0 Å². The van der Waals surface area contributed by atoms with Gasteiger partial charge in [0.15, 0.2) is 4.77 Å². The Labute approximate surface area is 195 Å². The predicted molar refractivity (Wildman–Crippen MR) is 129 cm³/mol. The molecule has 0 atom stereocenters. The predicted octanol–water partition coefficient (Wildman–Crippen LogP) is 7.87. The molecular formula is C21H22Cl3N3S2. The zero-order chi connectivity index (χ0) is 21.5. The third-order valence-electron chi connectivity index (χ3n) is 5.61. The first-order valence-corrected chi connectivity index (χ1v) is 11.8. The first kappa shape index (κ1) is 22.7. The number of rotatable bonds is 5. The van der Waals surface area contributed by atoms with Crippen molar-refractivity contribution in [3.05, 3.63) is 71.2 Å². The molecule has 0 spiro atoms. The van der Waals surface area contributed by atoms with E-state index < -0.39 is 0 Å². The highest BCUT2D eigenvalue weighted by molar-refractivity contribution is 7.97. The van der Waals surface area contributed by atoms with Crippen LogP contribution in [0.25, 0.3) is 5.69 Å². The van der Waals surface area contributed by atoms with E-state index in [1.807, 2.05) is 4.57 Å². The minimum Gasteiger partial charge on any atom is -0.270 e. The normalized spacial score (nSPS) is 11.3. The Morgan fingerprint density at radius 1 is 0.862 bits per heavy atom. The number of hydrogen-bond acceptors (Lipinski definition) is 3. The summed E-state index contributed by atoms with van der Waals surface area (Å²) in [6.07, 6.45) is 0. The summed E-state index contributed by atoms with van der Waals surface area (Å²) in [4.78, 5) is 0. The summed E-state index contributed by atoms with van der Waals surface area (Å²) in [5.74, 6) is 2.36. The molecule has 3 rings (SSSR count). The van der Waals surface area contributed by atoms with E-state index in [0.29, 0.717) is 31.3 Å². The Morgan fingerprint density at radius 3 is 2.03 bits per heavy atom. The second-order valence-electron chi connectivity index (χ2n) is 7.09. The van der Waals surface area contributed by atoms with Gasteiger partial charge in [0.05, 0.1) is 26.5 Å². The average Bonchev–Trinajstić information content (AvgIpc) is 3.04. The van der Waals surface area contributed by atoms with Crippen molar-refractivity contribution >= 4 is 58.8 Å². The van der Waals surface area contributed by atoms with Gasteiger partial charge in [-0.05, 0) is 92.4 Å². The molecule has 0 fully saturated rings. The number of H-pyrrole nitrogens is 1. The maximum atomic E-state index is 6.40. The Bertz CT molecular complexity index is 1120. The molecule has 0 aliphatic carbocycles. The van der Waals surface area contributed by atoms with Crippen molar-refractivity contribution in [3.8, 4) is 5.69 Å². The molecule has 154 valence electrons. The molecule has 0 saturated heterocycles. The fourth-order valence-electron chi connectivity index (χ4n) is 3.40. The molecule has 29 heavy (non-hydrogen) atoms. The van der Waals surface area contributed by atoms with Gasteiger partial charge in [-0.15, -0.1) is 11.8 Å². The smallest absolute Gasteiger partial charge is 0.199 e. The van der Waals surface area contributed by atoms with Crippen LogP contribution in [0, 0.1) is 39.4 Å². The van der Waals surface area contributed by atoms with Crippen LogP contribution < -0.4 is 0 Å². The van der Waals surface area contributed by atoms with E-state index in [2.05, 4.69) is 44.8 Å². The lowest BCUT2D eigenvalue weighted by molar-refractivity contribution is 0.949. The van der Waals surface area contributed by atoms with Crippen molar-refractivity contribution in [2.75, 3.05) is 0 Å². The Hall–Kier alpha value is -0.980. The lowest BCUT2D eigenvalue weighted by Gasteiger charge is -2.18. The van der Waals surface area contributed by atoms with Crippen molar-refractivity contribution in [2.24, 2.45) is 0 Å². The molecule has 0 saturated carbocycles. The van der Waals surface area contributed by atoms with E-state index in [1.165, 1.54) is 33.4 Å². The van der Waals surface area contributed by atoms with E-state index in [0.717, 1.165) is 11.6 Å². The average molecular weight is 487 g/mol. The number of nitrogens with one attached hydrogen (secondary N) is 1. The molecule has 0 aliphatic rings. The summed E-state index contributed by atoms with van der Waals surface area (Å²) in [5.41, 5.74) is 8.91. The van der Waals surface area contributed by atoms with Crippen molar-refractivity contribution in [2.45, 2.75) is 46.1 Å². The number of thioether (sulfide) groups is 1. The van der Waals surface area contributed by atoms with Gasteiger partial charge in [-0.3, -0.25) is 9.67 Å². The van der Waals surface area contributed by atoms with Gasteiger partial charge in [0, 0.05) is 5.75 Å². The minimum atomic E-state index is 0.405. The maximum absolute atomic E-state index is 6.40. The summed E-state index contributed by atoms with van der Waals surface area (Å²) in [6.45, 7) is 11.0. The van der Waals surface area contributed by atoms with Gasteiger partial charge in [-0.2, -0.15) is 5.10 Å². The van der Waals surface area contributed by atoms with Gasteiger partial charge in [-0.1, -0.05) is 34.8 Å². The molecular weight excluding hydrogens is 465 g/mol. The third-order valence-corrected chi connectivity index (χ3v) is 7.86. The van der Waals surface area contributed by atoms with Crippen LogP contribution in [0.1, 0.15) is 39.2 Å². The fraction of sp³-hybridized carbons (Fsp3) is 0.333. The van der Waals surface area contributed by atoms with Crippen LogP contribution in [0.2, 0.25) is 15.1 Å². The number of hydrogen-bond donors (Lipinski definition) is 1. The molecule has 8 heteroatoms. The van der Waals surface area contributed by atoms with Crippen molar-refractivity contribution < 1.29 is 0 Å². The maximum Gasteiger partial charge on any atom is 0.199 e. The first-order valence-electron chi connectivity index (χ1n) is 9.08. The van der Waals surface area contributed by atoms with Gasteiger partial charge in [-0.25, -0.2) is 0 Å². The first-order chi connectivity index (χ1) is 13.6. The second kappa shape index (κ2) is 9.03. The van der Waals surface area contributed by atoms with Crippen molar-refractivity contribution in [3.63, 3.8) is 0 Å². The Balaban J connectivity index is 1.88. The quantitative estimate of drug-likeness (QED) is 0.294. The minimum absolute atomic E-state index is 0.405. The highest BCUT2D eigenvalue weighted by Gasteiger charge is 2.16. The molecule has 0 aliphatic heterocycles. The summed E-state index contributed by atoms with van der Waals surface area (Å²) in [6, 6.07) is 3.34. The van der Waals surface area contributed by atoms with Crippen LogP contribution in [0.3, 0.4) is 0 Å². The van der Waals surface area contributed by atoms with Crippen LogP contribution >= 0.6 is 58.8 Å². The van der Waals surface area contributed by atoms with Crippen molar-refractivity contribution in [1.82, 2.24) is 14.8 Å². The molecule has 0 radical (unpaired) electrons. The Morgan fingerprint density at radius 2 is 1.41 bits per heavy atom. The molecule has 1 aromatic heterocycles. The summed E-state index contributed by atoms with van der Waals surface area (Å²) in [5, 5.41) is 8.56. The van der Waals surface area contributed by atoms with E-state index in [1.54, 1.807) is 23.9 Å². The second-order valence-corrected chi connectivity index (χ2v) is 9.69. The molecule has 1 N–H and O–H groups in total. The Kier molecular flexibility index (Phi) is 7.06. The molecule has 0 amide bonds. The fourth-order valence-corrected chi connectivity index (χ4v) is 5.39. The van der Waals surface area contributed by atoms with Crippen LogP contribution in [-0.2, 0) is 11.5 Å². The van der Waals surface area contributed by atoms with Gasteiger partial charge >= 0.3 is 0 Å². The van der Waals surface area contributed by atoms with Gasteiger partial charge in [0.1, 0.15) is 5.82 Å². The van der Waals surface area contributed by atoms with E-state index in [-0.39, 0.29) is 0 Å². The molecule has 2 aromatic carbocycles. The number of aromatic amines is 1. The zero-order valence-electron chi connectivity index (χ0n) is 16.9. The van der Waals surface area contributed by atoms with Crippen LogP contribution in [-0.4, -0.2) is 14.8 Å². The molecule has 0 bridgehead atoms. The van der Waals surface area contributed by atoms with Crippen LogP contribution in [0.15, 0.2) is 12.1 Å². The topological polar surface area (TPSA) is 33.6 Å².